The first-order valence-electron chi connectivity index (χ1n) is 7.91. The Hall–Kier alpha value is -2.04. The molecule has 0 radical (unpaired) electrons. The third-order valence-electron chi connectivity index (χ3n) is 3.42. The lowest BCUT2D eigenvalue weighted by molar-refractivity contribution is 0.0956. The molecule has 0 aromatic heterocycles. The van der Waals surface area contributed by atoms with Gasteiger partial charge in [-0.05, 0) is 31.0 Å². The van der Waals surface area contributed by atoms with Gasteiger partial charge in [0.1, 0.15) is 0 Å². The number of nitrogens with one attached hydrogen (secondary N) is 2. The summed E-state index contributed by atoms with van der Waals surface area (Å²) in [6, 6.07) is 7.64. The maximum absolute atomic E-state index is 11.7. The van der Waals surface area contributed by atoms with Crippen molar-refractivity contribution in [3.63, 3.8) is 0 Å². The minimum atomic E-state index is -0.0304. The molecule has 2 N–H and O–H groups in total. The normalized spacial score (nSPS) is 11.2. The quantitative estimate of drug-likeness (QED) is 0.600. The van der Waals surface area contributed by atoms with Gasteiger partial charge in [0, 0.05) is 39.3 Å². The van der Waals surface area contributed by atoms with E-state index in [1.54, 1.807) is 7.05 Å². The molecule has 0 bridgehead atoms. The first kappa shape index (κ1) is 18.0. The Morgan fingerprint density at radius 1 is 1.18 bits per heavy atom. The second-order valence-electron chi connectivity index (χ2n) is 5.23. The van der Waals surface area contributed by atoms with E-state index in [2.05, 4.69) is 27.4 Å². The molecule has 0 saturated heterocycles. The lowest BCUT2D eigenvalue weighted by atomic mass is 10.1. The van der Waals surface area contributed by atoms with Gasteiger partial charge in [-0.25, -0.2) is 0 Å². The highest BCUT2D eigenvalue weighted by atomic mass is 16.1. The number of aliphatic imine (C=N–C) groups is 1. The maximum atomic E-state index is 11.7. The molecule has 1 aromatic carbocycles. The number of nitrogens with zero attached hydrogens (tertiary/aromatic N) is 2. The molecule has 0 fully saturated rings. The fourth-order valence-corrected chi connectivity index (χ4v) is 2.10. The van der Waals surface area contributed by atoms with E-state index in [0.29, 0.717) is 18.7 Å². The summed E-state index contributed by atoms with van der Waals surface area (Å²) in [5.74, 6) is 0.860. The third kappa shape index (κ3) is 5.76. The molecule has 0 heterocycles. The van der Waals surface area contributed by atoms with Gasteiger partial charge in [0.15, 0.2) is 5.96 Å². The van der Waals surface area contributed by atoms with Crippen LogP contribution in [0.1, 0.15) is 42.6 Å². The topological polar surface area (TPSA) is 56.7 Å². The van der Waals surface area contributed by atoms with Crippen LogP contribution >= 0.6 is 0 Å². The Labute approximate surface area is 133 Å². The van der Waals surface area contributed by atoms with Crippen molar-refractivity contribution in [1.82, 2.24) is 15.5 Å². The van der Waals surface area contributed by atoms with Crippen LogP contribution in [0.5, 0.6) is 0 Å². The number of guanidine groups is 1. The highest BCUT2D eigenvalue weighted by Gasteiger charge is 2.06. The van der Waals surface area contributed by atoms with Crippen LogP contribution in [-0.4, -0.2) is 44.0 Å². The minimum absolute atomic E-state index is 0.0304. The third-order valence-corrected chi connectivity index (χ3v) is 3.42. The summed E-state index contributed by atoms with van der Waals surface area (Å²) < 4.78 is 0. The van der Waals surface area contributed by atoms with Crippen molar-refractivity contribution in [2.45, 2.75) is 33.2 Å². The van der Waals surface area contributed by atoms with Crippen LogP contribution in [0.3, 0.4) is 0 Å². The zero-order chi connectivity index (χ0) is 16.4. The van der Waals surface area contributed by atoms with Crippen molar-refractivity contribution < 1.29 is 4.79 Å². The standard InChI is InChI=1S/C17H28N4O/c1-5-7-12-21(4)17(18-3)20-13-14-8-10-15(11-9-14)16(22)19-6-2/h8-11H,5-7,12-13H2,1-4H3,(H,18,20)(H,19,22). The highest BCUT2D eigenvalue weighted by molar-refractivity contribution is 5.94. The number of benzene rings is 1. The van der Waals surface area contributed by atoms with Crippen LogP contribution in [-0.2, 0) is 6.54 Å². The van der Waals surface area contributed by atoms with Gasteiger partial charge in [-0.1, -0.05) is 25.5 Å². The van der Waals surface area contributed by atoms with Gasteiger partial charge in [0.05, 0.1) is 0 Å². The molecule has 122 valence electrons. The van der Waals surface area contributed by atoms with Crippen LogP contribution in [0.4, 0.5) is 0 Å². The lowest BCUT2D eigenvalue weighted by Gasteiger charge is -2.21. The fourth-order valence-electron chi connectivity index (χ4n) is 2.10. The molecule has 0 unspecified atom stereocenters. The molecule has 0 aliphatic heterocycles. The number of rotatable bonds is 7. The van der Waals surface area contributed by atoms with Crippen LogP contribution < -0.4 is 10.6 Å². The largest absolute Gasteiger partial charge is 0.352 e. The number of carbonyl (C=O) groups is 1. The minimum Gasteiger partial charge on any atom is -0.352 e. The van der Waals surface area contributed by atoms with Gasteiger partial charge >= 0.3 is 0 Å². The average molecular weight is 304 g/mol. The van der Waals surface area contributed by atoms with Gasteiger partial charge < -0.3 is 15.5 Å². The van der Waals surface area contributed by atoms with E-state index in [9.17, 15) is 4.79 Å². The van der Waals surface area contributed by atoms with Crippen molar-refractivity contribution in [2.24, 2.45) is 4.99 Å². The average Bonchev–Trinajstić information content (AvgIpc) is 2.54. The molecule has 0 saturated carbocycles. The smallest absolute Gasteiger partial charge is 0.251 e. The van der Waals surface area contributed by atoms with Crippen molar-refractivity contribution in [2.75, 3.05) is 27.2 Å². The summed E-state index contributed by atoms with van der Waals surface area (Å²) in [6.45, 7) is 6.42. The molecule has 0 aliphatic rings. The first-order chi connectivity index (χ1) is 10.6. The lowest BCUT2D eigenvalue weighted by Crippen LogP contribution is -2.38. The number of carbonyl (C=O) groups excluding carboxylic acids is 1. The zero-order valence-corrected chi connectivity index (χ0v) is 14.1. The Kier molecular flexibility index (Phi) is 8.04. The second kappa shape index (κ2) is 9.82. The van der Waals surface area contributed by atoms with Gasteiger partial charge in [0.25, 0.3) is 5.91 Å². The van der Waals surface area contributed by atoms with Crippen molar-refractivity contribution >= 4 is 11.9 Å². The summed E-state index contributed by atoms with van der Waals surface area (Å²) in [6.07, 6.45) is 2.32. The second-order valence-corrected chi connectivity index (χ2v) is 5.23. The monoisotopic (exact) mass is 304 g/mol. The SMILES string of the molecule is CCCCN(C)C(=NC)NCc1ccc(C(=O)NCC)cc1. The van der Waals surface area contributed by atoms with E-state index in [1.807, 2.05) is 38.2 Å². The maximum Gasteiger partial charge on any atom is 0.251 e. The molecule has 5 nitrogen and oxygen atoms in total. The Morgan fingerprint density at radius 2 is 1.86 bits per heavy atom. The summed E-state index contributed by atoms with van der Waals surface area (Å²) in [4.78, 5) is 18.1. The van der Waals surface area contributed by atoms with Gasteiger partial charge in [0.2, 0.25) is 0 Å². The Balaban J connectivity index is 2.54. The van der Waals surface area contributed by atoms with E-state index in [-0.39, 0.29) is 5.91 Å². The van der Waals surface area contributed by atoms with E-state index < -0.39 is 0 Å². The summed E-state index contributed by atoms with van der Waals surface area (Å²) in [7, 11) is 3.84. The number of unbranched alkanes of at least 4 members (excludes halogenated alkanes) is 1. The molecule has 5 heteroatoms. The Bertz CT molecular complexity index is 482. The first-order valence-corrected chi connectivity index (χ1v) is 7.91. The van der Waals surface area contributed by atoms with Crippen LogP contribution in [0, 0.1) is 0 Å². The fraction of sp³-hybridized carbons (Fsp3) is 0.529. The number of hydrogen-bond donors (Lipinski definition) is 2. The molecule has 0 atom stereocenters. The number of amides is 1. The van der Waals surface area contributed by atoms with Crippen molar-refractivity contribution in [1.29, 1.82) is 0 Å². The molecule has 1 amide bonds. The summed E-state index contributed by atoms with van der Waals surface area (Å²) in [5.41, 5.74) is 1.81. The van der Waals surface area contributed by atoms with Crippen molar-refractivity contribution in [3.05, 3.63) is 35.4 Å². The number of hydrogen-bond acceptors (Lipinski definition) is 2. The van der Waals surface area contributed by atoms with E-state index in [4.69, 9.17) is 0 Å². The van der Waals surface area contributed by atoms with Gasteiger partial charge in [-0.2, -0.15) is 0 Å². The predicted octanol–water partition coefficient (Wildman–Crippen LogP) is 2.24. The Morgan fingerprint density at radius 3 is 2.41 bits per heavy atom. The van der Waals surface area contributed by atoms with E-state index in [1.165, 1.54) is 6.42 Å². The predicted molar refractivity (Wildman–Crippen MR) is 92.2 cm³/mol. The molecule has 1 rings (SSSR count). The molecular formula is C17H28N4O. The van der Waals surface area contributed by atoms with Gasteiger partial charge in [-0.15, -0.1) is 0 Å². The molecule has 22 heavy (non-hydrogen) atoms. The van der Waals surface area contributed by atoms with E-state index >= 15 is 0 Å². The zero-order valence-electron chi connectivity index (χ0n) is 14.1. The molecule has 0 spiro atoms. The van der Waals surface area contributed by atoms with Crippen LogP contribution in [0.2, 0.25) is 0 Å². The van der Waals surface area contributed by atoms with Crippen molar-refractivity contribution in [3.8, 4) is 0 Å². The van der Waals surface area contributed by atoms with Gasteiger partial charge in [-0.3, -0.25) is 9.79 Å². The summed E-state index contributed by atoms with van der Waals surface area (Å²) in [5, 5.41) is 6.14. The summed E-state index contributed by atoms with van der Waals surface area (Å²) >= 11 is 0. The molecule has 0 aliphatic carbocycles. The molecule has 1 aromatic rings. The van der Waals surface area contributed by atoms with Crippen LogP contribution in [0.25, 0.3) is 0 Å². The van der Waals surface area contributed by atoms with Crippen LogP contribution in [0.15, 0.2) is 29.3 Å². The highest BCUT2D eigenvalue weighted by Crippen LogP contribution is 2.05. The molecular weight excluding hydrogens is 276 g/mol. The van der Waals surface area contributed by atoms with E-state index in [0.717, 1.165) is 24.5 Å².